The fourth-order valence-corrected chi connectivity index (χ4v) is 5.40. The molecule has 4 rings (SSSR count). The minimum Gasteiger partial charge on any atom is -0.356 e. The summed E-state index contributed by atoms with van der Waals surface area (Å²) in [7, 11) is -3.76. The molecule has 1 aromatic carbocycles. The summed E-state index contributed by atoms with van der Waals surface area (Å²) in [5.41, 5.74) is 1.74. The molecule has 156 valence electrons. The summed E-state index contributed by atoms with van der Waals surface area (Å²) in [4.78, 5) is 18.5. The first kappa shape index (κ1) is 20.6. The number of pyridine rings is 1. The molecule has 2 aromatic rings. The number of hydrogen-bond donors (Lipinski definition) is 1. The number of nitrogens with zero attached hydrogens (tertiary/aromatic N) is 3. The van der Waals surface area contributed by atoms with E-state index in [9.17, 15) is 13.2 Å². The molecule has 1 amide bonds. The van der Waals surface area contributed by atoms with E-state index in [0.717, 1.165) is 0 Å². The van der Waals surface area contributed by atoms with Crippen molar-refractivity contribution in [1.82, 2.24) is 15.2 Å². The van der Waals surface area contributed by atoms with Crippen molar-refractivity contribution in [2.24, 2.45) is 4.40 Å². The number of carbonyl (C=O) groups is 1. The molecule has 30 heavy (non-hydrogen) atoms. The summed E-state index contributed by atoms with van der Waals surface area (Å²) in [6.45, 7) is 3.00. The Labute approximate surface area is 180 Å². The Morgan fingerprint density at radius 2 is 1.87 bits per heavy atom. The molecule has 3 heterocycles. The minimum absolute atomic E-state index is 0.0209. The number of nitrogens with one attached hydrogen (secondary N) is 1. The van der Waals surface area contributed by atoms with Crippen LogP contribution in [0.25, 0.3) is 4.91 Å². The van der Waals surface area contributed by atoms with Crippen molar-refractivity contribution in [3.63, 3.8) is 0 Å². The third kappa shape index (κ3) is 4.11. The number of likely N-dealkylation sites (tertiary alicyclic amines) is 1. The zero-order valence-electron chi connectivity index (χ0n) is 16.4. The lowest BCUT2D eigenvalue weighted by Crippen LogP contribution is -2.46. The highest BCUT2D eigenvalue weighted by Gasteiger charge is 2.35. The Balaban J connectivity index is 1.46. The van der Waals surface area contributed by atoms with Gasteiger partial charge in [-0.05, 0) is 49.6 Å². The number of benzene rings is 1. The number of aromatic nitrogens is 1. The maximum absolute atomic E-state index is 12.7. The zero-order valence-corrected chi connectivity index (χ0v) is 17.9. The molecule has 0 spiro atoms. The maximum atomic E-state index is 12.7. The molecule has 2 aliphatic rings. The molecular formula is C21H21ClN4O3S. The van der Waals surface area contributed by atoms with Crippen LogP contribution >= 0.6 is 11.6 Å². The predicted octanol–water partition coefficient (Wildman–Crippen LogP) is 3.10. The third-order valence-corrected chi connectivity index (χ3v) is 7.02. The standard InChI is InChI=1S/C21H21ClN4O3S/c1-14-19(15-4-6-17(22)7-5-15)30(28,29)25-20(14)26-11-8-18(9-12-26)24-21(27)16-3-2-10-23-13-16/h2-7,10,13,18H,8-9,11-12H2,1H3,(H,24,27). The highest BCUT2D eigenvalue weighted by molar-refractivity contribution is 8.00. The summed E-state index contributed by atoms with van der Waals surface area (Å²) < 4.78 is 29.5. The number of hydrogen-bond acceptors (Lipinski definition) is 5. The summed E-state index contributed by atoms with van der Waals surface area (Å²) >= 11 is 5.93. The Morgan fingerprint density at radius 1 is 1.17 bits per heavy atom. The van der Waals surface area contributed by atoms with E-state index in [-0.39, 0.29) is 16.9 Å². The molecule has 1 N–H and O–H groups in total. The number of piperidine rings is 1. The number of halogens is 1. The molecule has 9 heteroatoms. The zero-order chi connectivity index (χ0) is 21.3. The van der Waals surface area contributed by atoms with Gasteiger partial charge in [0.05, 0.1) is 5.56 Å². The average Bonchev–Trinajstić information content (AvgIpc) is 2.99. The van der Waals surface area contributed by atoms with Gasteiger partial charge in [0.15, 0.2) is 0 Å². The van der Waals surface area contributed by atoms with Crippen molar-refractivity contribution in [2.45, 2.75) is 25.8 Å². The van der Waals surface area contributed by atoms with Gasteiger partial charge in [0.25, 0.3) is 15.9 Å². The SMILES string of the molecule is CC1=C(c2ccc(Cl)cc2)S(=O)(=O)N=C1N1CCC(NC(=O)c2cccnc2)CC1. The molecular weight excluding hydrogens is 424 g/mol. The van der Waals surface area contributed by atoms with E-state index in [2.05, 4.69) is 14.7 Å². The first-order chi connectivity index (χ1) is 14.3. The van der Waals surface area contributed by atoms with Crippen LogP contribution in [0.3, 0.4) is 0 Å². The predicted molar refractivity (Wildman–Crippen MR) is 117 cm³/mol. The third-order valence-electron chi connectivity index (χ3n) is 5.30. The molecule has 0 bridgehead atoms. The lowest BCUT2D eigenvalue weighted by molar-refractivity contribution is 0.0922. The van der Waals surface area contributed by atoms with Gasteiger partial charge in [-0.2, -0.15) is 8.42 Å². The molecule has 0 radical (unpaired) electrons. The number of sulfonamides is 1. The first-order valence-electron chi connectivity index (χ1n) is 9.63. The van der Waals surface area contributed by atoms with Crippen LogP contribution in [0.2, 0.25) is 5.02 Å². The summed E-state index contributed by atoms with van der Waals surface area (Å²) in [6.07, 6.45) is 4.57. The molecule has 2 aliphatic heterocycles. The van der Waals surface area contributed by atoms with Gasteiger partial charge in [0.1, 0.15) is 10.7 Å². The molecule has 0 atom stereocenters. The molecule has 0 aliphatic carbocycles. The van der Waals surface area contributed by atoms with Crippen LogP contribution in [0, 0.1) is 0 Å². The van der Waals surface area contributed by atoms with Gasteiger partial charge in [0.2, 0.25) is 0 Å². The van der Waals surface area contributed by atoms with Crippen LogP contribution < -0.4 is 5.32 Å². The lowest BCUT2D eigenvalue weighted by atomic mass is 10.0. The van der Waals surface area contributed by atoms with Gasteiger partial charge >= 0.3 is 0 Å². The lowest BCUT2D eigenvalue weighted by Gasteiger charge is -2.33. The van der Waals surface area contributed by atoms with Crippen LogP contribution in [0.15, 0.2) is 58.8 Å². The normalized spacial score (nSPS) is 19.0. The van der Waals surface area contributed by atoms with E-state index >= 15 is 0 Å². The highest BCUT2D eigenvalue weighted by Crippen LogP contribution is 2.34. The summed E-state index contributed by atoms with van der Waals surface area (Å²) in [5.74, 6) is 0.334. The number of amidine groups is 1. The number of amides is 1. The fourth-order valence-electron chi connectivity index (χ4n) is 3.79. The van der Waals surface area contributed by atoms with Crippen molar-refractivity contribution in [3.05, 3.63) is 70.5 Å². The Hall–Kier alpha value is -2.71. The molecule has 7 nitrogen and oxygen atoms in total. The van der Waals surface area contributed by atoms with Crippen LogP contribution in [0.4, 0.5) is 0 Å². The van der Waals surface area contributed by atoms with Gasteiger partial charge in [-0.1, -0.05) is 23.7 Å². The summed E-state index contributed by atoms with van der Waals surface area (Å²) in [5, 5.41) is 3.57. The van der Waals surface area contributed by atoms with Crippen LogP contribution in [0.1, 0.15) is 35.7 Å². The molecule has 1 aromatic heterocycles. The Kier molecular flexibility index (Phi) is 5.62. The van der Waals surface area contributed by atoms with Crippen molar-refractivity contribution >= 4 is 38.3 Å². The number of carbonyl (C=O) groups excluding carboxylic acids is 1. The highest BCUT2D eigenvalue weighted by atomic mass is 35.5. The second-order valence-corrected chi connectivity index (χ2v) is 9.30. The largest absolute Gasteiger partial charge is 0.356 e. The van der Waals surface area contributed by atoms with Gasteiger partial charge in [-0.25, -0.2) is 0 Å². The Bertz CT molecular complexity index is 1120. The average molecular weight is 445 g/mol. The summed E-state index contributed by atoms with van der Waals surface area (Å²) in [6, 6.07) is 10.2. The van der Waals surface area contributed by atoms with E-state index < -0.39 is 10.0 Å². The molecule has 1 saturated heterocycles. The van der Waals surface area contributed by atoms with E-state index in [1.165, 1.54) is 6.20 Å². The van der Waals surface area contributed by atoms with Crippen molar-refractivity contribution in [2.75, 3.05) is 13.1 Å². The van der Waals surface area contributed by atoms with Gasteiger partial charge in [0, 0.05) is 42.1 Å². The fraction of sp³-hybridized carbons (Fsp3) is 0.286. The second kappa shape index (κ2) is 8.20. The van der Waals surface area contributed by atoms with Gasteiger partial charge in [-0.3, -0.25) is 9.78 Å². The quantitative estimate of drug-likeness (QED) is 0.785. The van der Waals surface area contributed by atoms with Crippen molar-refractivity contribution in [3.8, 4) is 0 Å². The molecule has 0 saturated carbocycles. The van der Waals surface area contributed by atoms with E-state index in [1.54, 1.807) is 49.5 Å². The van der Waals surface area contributed by atoms with Gasteiger partial charge < -0.3 is 10.2 Å². The van der Waals surface area contributed by atoms with E-state index in [4.69, 9.17) is 11.6 Å². The maximum Gasteiger partial charge on any atom is 0.285 e. The van der Waals surface area contributed by atoms with E-state index in [0.29, 0.717) is 53.5 Å². The first-order valence-corrected chi connectivity index (χ1v) is 11.4. The topological polar surface area (TPSA) is 91.7 Å². The minimum atomic E-state index is -3.76. The van der Waals surface area contributed by atoms with Crippen LogP contribution in [-0.4, -0.2) is 49.2 Å². The smallest absolute Gasteiger partial charge is 0.285 e. The monoisotopic (exact) mass is 444 g/mol. The van der Waals surface area contributed by atoms with Crippen molar-refractivity contribution < 1.29 is 13.2 Å². The van der Waals surface area contributed by atoms with Crippen LogP contribution in [0.5, 0.6) is 0 Å². The van der Waals surface area contributed by atoms with Crippen molar-refractivity contribution in [1.29, 1.82) is 0 Å². The van der Waals surface area contributed by atoms with E-state index in [1.807, 2.05) is 4.90 Å². The number of rotatable bonds is 3. The van der Waals surface area contributed by atoms with Gasteiger partial charge in [-0.15, -0.1) is 4.40 Å². The molecule has 0 unspecified atom stereocenters. The van der Waals surface area contributed by atoms with Crippen LogP contribution in [-0.2, 0) is 10.0 Å². The Morgan fingerprint density at radius 3 is 2.50 bits per heavy atom. The second-order valence-electron chi connectivity index (χ2n) is 7.33. The molecule has 1 fully saturated rings.